The maximum Gasteiger partial charge on any atom is 4.00 e. The van der Waals surface area contributed by atoms with Gasteiger partial charge in [-0.25, -0.2) is 0 Å². The minimum atomic E-state index is 0. The Morgan fingerprint density at radius 1 is 0.300 bits per heavy atom. The number of rotatable bonds is 0. The van der Waals surface area contributed by atoms with Gasteiger partial charge in [-0.3, -0.25) is 0 Å². The summed E-state index contributed by atoms with van der Waals surface area (Å²) < 4.78 is 0. The molecule has 0 spiro atoms. The van der Waals surface area contributed by atoms with E-state index in [1.165, 1.54) is 0 Å². The van der Waals surface area contributed by atoms with Crippen LogP contribution in [-0.2, 0) is 128 Å². The van der Waals surface area contributed by atoms with E-state index in [2.05, 4.69) is 0 Å². The summed E-state index contributed by atoms with van der Waals surface area (Å²) in [6, 6.07) is 0. The average Bonchev–Trinajstić information content (AvgIpc) is 0. The second kappa shape index (κ2) is 116. The van der Waals surface area contributed by atoms with E-state index in [0.29, 0.717) is 0 Å². The molecule has 0 fully saturated rings. The van der Waals surface area contributed by atoms with Crippen LogP contribution in [0.4, 0.5) is 0 Å². The summed E-state index contributed by atoms with van der Waals surface area (Å²) >= 11 is 0. The molecule has 0 unspecified atom stereocenters. The van der Waals surface area contributed by atoms with Crippen molar-refractivity contribution in [1.82, 2.24) is 0 Å². The predicted octanol–water partition coefficient (Wildman–Crippen LogP) is 1.14. The Kier molecular flexibility index (Phi) is 1690. The van der Waals surface area contributed by atoms with Crippen LogP contribution in [0.2, 0.25) is 0 Å². The van der Waals surface area contributed by atoms with Gasteiger partial charge in [0.25, 0.3) is 0 Å². The molecule has 4 nitrogen and oxygen atoms in total. The molecule has 0 rings (SSSR count). The van der Waals surface area contributed by atoms with Crippen LogP contribution in [0.5, 0.6) is 0 Å². The van der Waals surface area contributed by atoms with Gasteiger partial charge in [-0.05, 0) is 0 Å². The van der Waals surface area contributed by atoms with E-state index in [1.807, 2.05) is 0 Å². The van der Waals surface area contributed by atoms with Crippen molar-refractivity contribution in [3.05, 3.63) is 24.6 Å². The number of hydrogen-bond acceptors (Lipinski definition) is 0. The normalized spacial score (nSPS) is 0. The van der Waals surface area contributed by atoms with Gasteiger partial charge in [0.1, 0.15) is 0 Å². The third kappa shape index (κ3) is 89.7. The average molecular weight is 487 g/mol. The molecule has 0 atom stereocenters. The van der Waals surface area contributed by atoms with Crippen molar-refractivity contribution in [2.75, 3.05) is 0 Å². The van der Waals surface area contributed by atoms with Gasteiger partial charge < -0.3 is 24.6 Å². The second-order valence-corrected chi connectivity index (χ2v) is 0. The first-order valence-corrected chi connectivity index (χ1v) is 0. The van der Waals surface area contributed by atoms with Crippen molar-refractivity contribution in [2.45, 2.75) is 0 Å². The molecule has 0 heterocycles. The molecule has 0 saturated carbocycles. The molecule has 0 aromatic heterocycles. The fourth-order valence-electron chi connectivity index (χ4n) is 0. The third-order valence-corrected chi connectivity index (χ3v) is 0. The Hall–Kier alpha value is 4.05. The van der Waals surface area contributed by atoms with Crippen LogP contribution in [-0.4, -0.2) is 0 Å². The van der Waals surface area contributed by atoms with E-state index in [-0.39, 0.29) is 153 Å². The van der Waals surface area contributed by atoms with E-state index in [9.17, 15) is 0 Å². The largest absolute Gasteiger partial charge is 4.00 e. The van der Waals surface area contributed by atoms with E-state index in [0.717, 1.165) is 0 Å². The first-order valence-electron chi connectivity index (χ1n) is 0. The third-order valence-electron chi connectivity index (χ3n) is 0. The molecule has 0 saturated heterocycles. The van der Waals surface area contributed by atoms with Crippen LogP contribution in [0.15, 0.2) is 0 Å². The SMILES string of the molecule is [Mo].[Mo].[Mo].[N-3].[N-3].[N-3].[N-3].[Ti+4].[Ti+4].[Ti+4]. The number of hydrogen-bond donors (Lipinski definition) is 0. The summed E-state index contributed by atoms with van der Waals surface area (Å²) in [7, 11) is 0. The molecular weight excluding hydrogens is 487 g/mol. The van der Waals surface area contributed by atoms with Gasteiger partial charge >= 0.3 is 65.2 Å². The topological polar surface area (TPSA) is 122 Å². The number of nitrogens with zero attached hydrogens (tertiary/aromatic N) is 4. The van der Waals surface area contributed by atoms with Gasteiger partial charge in [0.15, 0.2) is 0 Å². The summed E-state index contributed by atoms with van der Waals surface area (Å²) in [4.78, 5) is 0. The van der Waals surface area contributed by atoms with Crippen molar-refractivity contribution in [2.24, 2.45) is 0 Å². The van der Waals surface area contributed by atoms with Crippen molar-refractivity contribution in [3.8, 4) is 0 Å². The second-order valence-electron chi connectivity index (χ2n) is 0. The van der Waals surface area contributed by atoms with Crippen molar-refractivity contribution in [1.29, 1.82) is 0 Å². The predicted molar refractivity (Wildman–Crippen MR) is 13.4 cm³/mol. The zero-order chi connectivity index (χ0) is 0. The van der Waals surface area contributed by atoms with Crippen LogP contribution in [0.1, 0.15) is 0 Å². The molecule has 50 valence electrons. The van der Waals surface area contributed by atoms with E-state index in [4.69, 9.17) is 0 Å². The smallest absolute Gasteiger partial charge is 3.00 e. The van der Waals surface area contributed by atoms with E-state index < -0.39 is 0 Å². The maximum atomic E-state index is 0. The van der Waals surface area contributed by atoms with Gasteiger partial charge in [0.2, 0.25) is 0 Å². The molecular formula is Mo3N4Ti3. The molecule has 0 radical (unpaired) electrons. The molecule has 0 aromatic rings. The summed E-state index contributed by atoms with van der Waals surface area (Å²) in [6.07, 6.45) is 0. The molecule has 10 heteroatoms. The quantitative estimate of drug-likeness (QED) is 0.455. The standard InChI is InChI=1S/3Mo.4N.3Ti/q;;;4*-3;3*+4. The van der Waals surface area contributed by atoms with Crippen molar-refractivity contribution in [3.63, 3.8) is 0 Å². The van der Waals surface area contributed by atoms with Gasteiger partial charge in [0.05, 0.1) is 0 Å². The van der Waals surface area contributed by atoms with Gasteiger partial charge in [-0.1, -0.05) is 0 Å². The van der Waals surface area contributed by atoms with Crippen LogP contribution < -0.4 is 0 Å². The summed E-state index contributed by atoms with van der Waals surface area (Å²) in [5, 5.41) is 0. The summed E-state index contributed by atoms with van der Waals surface area (Å²) in [5.74, 6) is 0. The Morgan fingerprint density at radius 2 is 0.300 bits per heavy atom. The molecule has 0 aliphatic heterocycles. The Bertz CT molecular complexity index is 15.7. The minimum absolute atomic E-state index is 0. The first kappa shape index (κ1) is 146. The van der Waals surface area contributed by atoms with Gasteiger partial charge in [0, 0.05) is 63.2 Å². The van der Waals surface area contributed by atoms with E-state index in [1.54, 1.807) is 0 Å². The first-order chi connectivity index (χ1) is 0. The van der Waals surface area contributed by atoms with Gasteiger partial charge in [-0.15, -0.1) is 0 Å². The van der Waals surface area contributed by atoms with Crippen LogP contribution >= 0.6 is 0 Å². The Balaban J connectivity index is 0. The van der Waals surface area contributed by atoms with Crippen molar-refractivity contribution < 1.29 is 128 Å². The van der Waals surface area contributed by atoms with E-state index >= 15 is 0 Å². The molecule has 0 aromatic carbocycles. The van der Waals surface area contributed by atoms with Crippen LogP contribution in [0.25, 0.3) is 24.6 Å². The molecule has 0 bridgehead atoms. The zero-order valence-electron chi connectivity index (χ0n) is 4.51. The minimum Gasteiger partial charge on any atom is -3.00 e. The molecule has 10 heavy (non-hydrogen) atoms. The molecule has 0 aliphatic rings. The van der Waals surface area contributed by atoms with Crippen molar-refractivity contribution >= 4 is 0 Å². The van der Waals surface area contributed by atoms with Gasteiger partial charge in [-0.2, -0.15) is 0 Å². The fourth-order valence-corrected chi connectivity index (χ4v) is 0. The summed E-state index contributed by atoms with van der Waals surface area (Å²) in [6.45, 7) is 0. The fraction of sp³-hybridized carbons (Fsp3) is 0. The van der Waals surface area contributed by atoms with Crippen LogP contribution in [0, 0.1) is 0 Å². The molecule has 0 amide bonds. The molecule has 0 aliphatic carbocycles. The monoisotopic (exact) mass is 494 g/mol. The Morgan fingerprint density at radius 3 is 0.300 bits per heavy atom. The van der Waals surface area contributed by atoms with Crippen LogP contribution in [0.3, 0.4) is 0 Å². The summed E-state index contributed by atoms with van der Waals surface area (Å²) in [5.41, 5.74) is 0. The maximum absolute atomic E-state index is 0. The molecule has 0 N–H and O–H groups in total. The zero-order valence-corrected chi connectivity index (χ0v) is 15.2. The Labute approximate surface area is 150 Å².